The highest BCUT2D eigenvalue weighted by molar-refractivity contribution is 5.87. The Hall–Kier alpha value is -1.58. The third kappa shape index (κ3) is 2.81. The first-order valence-corrected chi connectivity index (χ1v) is 6.50. The van der Waals surface area contributed by atoms with E-state index in [1.807, 2.05) is 7.05 Å². The van der Waals surface area contributed by atoms with Crippen LogP contribution in [0.1, 0.15) is 43.0 Å². The molecule has 0 amide bonds. The van der Waals surface area contributed by atoms with E-state index in [0.717, 1.165) is 11.7 Å². The summed E-state index contributed by atoms with van der Waals surface area (Å²) in [5.41, 5.74) is 0.240. The Labute approximate surface area is 108 Å². The van der Waals surface area contributed by atoms with Crippen LogP contribution in [0.3, 0.4) is 0 Å². The van der Waals surface area contributed by atoms with E-state index in [4.69, 9.17) is 5.11 Å². The molecule has 0 aliphatic heterocycles. The number of carboxylic acid groups (broad SMARTS) is 1. The minimum Gasteiger partial charge on any atom is -0.478 e. The van der Waals surface area contributed by atoms with E-state index >= 15 is 0 Å². The lowest BCUT2D eigenvalue weighted by atomic mass is 9.87. The second-order valence-electron chi connectivity index (χ2n) is 5.23. The molecule has 0 radical (unpaired) electrons. The average Bonchev–Trinajstić information content (AvgIpc) is 2.39. The van der Waals surface area contributed by atoms with Crippen molar-refractivity contribution in [3.05, 3.63) is 23.9 Å². The Balaban J connectivity index is 2.04. The molecule has 0 atom stereocenters. The number of anilines is 1. The van der Waals surface area contributed by atoms with Crippen LogP contribution in [0.25, 0.3) is 0 Å². The first-order valence-electron chi connectivity index (χ1n) is 6.50. The van der Waals surface area contributed by atoms with Gasteiger partial charge >= 0.3 is 5.97 Å². The van der Waals surface area contributed by atoms with Gasteiger partial charge in [-0.2, -0.15) is 0 Å². The Morgan fingerprint density at radius 2 is 2.00 bits per heavy atom. The van der Waals surface area contributed by atoms with Crippen LogP contribution in [0.15, 0.2) is 18.3 Å². The normalized spacial score (nSPS) is 23.7. The molecule has 1 aromatic rings. The molecule has 1 saturated carbocycles. The highest BCUT2D eigenvalue weighted by Gasteiger charge is 2.22. The molecule has 2 rings (SSSR count). The monoisotopic (exact) mass is 248 g/mol. The zero-order chi connectivity index (χ0) is 13.1. The molecule has 4 nitrogen and oxygen atoms in total. The van der Waals surface area contributed by atoms with Gasteiger partial charge in [-0.15, -0.1) is 0 Å². The van der Waals surface area contributed by atoms with E-state index in [-0.39, 0.29) is 5.56 Å². The van der Waals surface area contributed by atoms with Crippen LogP contribution in [-0.2, 0) is 0 Å². The van der Waals surface area contributed by atoms with Crippen molar-refractivity contribution >= 4 is 11.8 Å². The van der Waals surface area contributed by atoms with E-state index < -0.39 is 5.97 Å². The molecule has 0 aromatic carbocycles. The number of aromatic carboxylic acids is 1. The predicted octanol–water partition coefficient (Wildman–Crippen LogP) is 2.79. The molecule has 1 heterocycles. The molecule has 0 unspecified atom stereocenters. The quantitative estimate of drug-likeness (QED) is 0.893. The molecule has 0 bridgehead atoms. The summed E-state index contributed by atoms with van der Waals surface area (Å²) in [6.07, 6.45) is 6.35. The largest absolute Gasteiger partial charge is 0.478 e. The molecule has 4 heteroatoms. The maximum absolute atomic E-state index is 10.8. The molecule has 98 valence electrons. The highest BCUT2D eigenvalue weighted by atomic mass is 16.4. The van der Waals surface area contributed by atoms with Crippen molar-refractivity contribution in [3.63, 3.8) is 0 Å². The van der Waals surface area contributed by atoms with Crippen molar-refractivity contribution in [3.8, 4) is 0 Å². The van der Waals surface area contributed by atoms with Gasteiger partial charge in [0, 0.05) is 19.3 Å². The van der Waals surface area contributed by atoms with Crippen LogP contribution in [0.2, 0.25) is 0 Å². The summed E-state index contributed by atoms with van der Waals surface area (Å²) in [5.74, 6) is 0.764. The topological polar surface area (TPSA) is 53.4 Å². The smallest absolute Gasteiger partial charge is 0.337 e. The van der Waals surface area contributed by atoms with E-state index in [1.165, 1.54) is 31.9 Å². The summed E-state index contributed by atoms with van der Waals surface area (Å²) in [4.78, 5) is 17.2. The minimum absolute atomic E-state index is 0.240. The second kappa shape index (κ2) is 5.38. The van der Waals surface area contributed by atoms with Gasteiger partial charge in [0.25, 0.3) is 0 Å². The van der Waals surface area contributed by atoms with Gasteiger partial charge in [0.15, 0.2) is 0 Å². The fraction of sp³-hybridized carbons (Fsp3) is 0.571. The van der Waals surface area contributed by atoms with Gasteiger partial charge in [-0.25, -0.2) is 9.78 Å². The first kappa shape index (κ1) is 12.9. The number of carbonyl (C=O) groups is 1. The number of pyridine rings is 1. The predicted molar refractivity (Wildman–Crippen MR) is 71.0 cm³/mol. The minimum atomic E-state index is -0.928. The van der Waals surface area contributed by atoms with Gasteiger partial charge < -0.3 is 10.0 Å². The van der Waals surface area contributed by atoms with Gasteiger partial charge in [0.2, 0.25) is 0 Å². The lowest BCUT2D eigenvalue weighted by Crippen LogP contribution is -2.35. The summed E-state index contributed by atoms with van der Waals surface area (Å²) < 4.78 is 0. The maximum atomic E-state index is 10.8. The summed E-state index contributed by atoms with van der Waals surface area (Å²) in [5, 5.41) is 8.84. The number of aromatic nitrogens is 1. The molecule has 18 heavy (non-hydrogen) atoms. The van der Waals surface area contributed by atoms with Gasteiger partial charge in [-0.05, 0) is 43.7 Å². The number of carboxylic acids is 1. The van der Waals surface area contributed by atoms with Crippen molar-refractivity contribution in [2.45, 2.75) is 38.6 Å². The molecule has 0 spiro atoms. The zero-order valence-electron chi connectivity index (χ0n) is 11.0. The van der Waals surface area contributed by atoms with E-state index in [1.54, 1.807) is 12.1 Å². The van der Waals surface area contributed by atoms with Gasteiger partial charge in [-0.1, -0.05) is 6.92 Å². The van der Waals surface area contributed by atoms with Crippen LogP contribution in [-0.4, -0.2) is 29.1 Å². The lowest BCUT2D eigenvalue weighted by Gasteiger charge is -2.34. The Bertz CT molecular complexity index is 408. The fourth-order valence-corrected chi connectivity index (χ4v) is 2.54. The molecule has 1 aliphatic rings. The fourth-order valence-electron chi connectivity index (χ4n) is 2.54. The van der Waals surface area contributed by atoms with Crippen LogP contribution in [0.4, 0.5) is 5.82 Å². The summed E-state index contributed by atoms with van der Waals surface area (Å²) in [6, 6.07) is 3.94. The maximum Gasteiger partial charge on any atom is 0.337 e. The second-order valence-corrected chi connectivity index (χ2v) is 5.23. The summed E-state index contributed by atoms with van der Waals surface area (Å²) >= 11 is 0. The van der Waals surface area contributed by atoms with E-state index in [0.29, 0.717) is 6.04 Å². The molecule has 1 aromatic heterocycles. The zero-order valence-corrected chi connectivity index (χ0v) is 11.0. The number of hydrogen-bond donors (Lipinski definition) is 1. The highest BCUT2D eigenvalue weighted by Crippen LogP contribution is 2.28. The summed E-state index contributed by atoms with van der Waals surface area (Å²) in [7, 11) is 2.05. The van der Waals surface area contributed by atoms with Crippen LogP contribution < -0.4 is 4.90 Å². The van der Waals surface area contributed by atoms with Gasteiger partial charge in [0.1, 0.15) is 5.82 Å². The summed E-state index contributed by atoms with van der Waals surface area (Å²) in [6.45, 7) is 2.30. The van der Waals surface area contributed by atoms with Crippen molar-refractivity contribution < 1.29 is 9.90 Å². The first-order chi connectivity index (χ1) is 8.58. The van der Waals surface area contributed by atoms with Crippen molar-refractivity contribution in [1.29, 1.82) is 0 Å². The van der Waals surface area contributed by atoms with E-state index in [2.05, 4.69) is 16.8 Å². The molecule has 1 N–H and O–H groups in total. The van der Waals surface area contributed by atoms with Crippen molar-refractivity contribution in [2.75, 3.05) is 11.9 Å². The third-order valence-electron chi connectivity index (χ3n) is 3.89. The Morgan fingerprint density at radius 3 is 2.50 bits per heavy atom. The third-order valence-corrected chi connectivity index (χ3v) is 3.89. The lowest BCUT2D eigenvalue weighted by molar-refractivity contribution is 0.0696. The van der Waals surface area contributed by atoms with Gasteiger partial charge in [-0.3, -0.25) is 0 Å². The Kier molecular flexibility index (Phi) is 3.84. The standard InChI is InChI=1S/C14H20N2O2/c1-10-3-6-12(7-4-10)16(2)13-8-5-11(9-15-13)14(17)18/h5,8-10,12H,3-4,6-7H2,1-2H3,(H,17,18). The number of hydrogen-bond acceptors (Lipinski definition) is 3. The SMILES string of the molecule is CC1CCC(N(C)c2ccc(C(=O)O)cn2)CC1. The molecule has 0 saturated heterocycles. The van der Waals surface area contributed by atoms with Crippen LogP contribution >= 0.6 is 0 Å². The number of rotatable bonds is 3. The molecule has 1 aliphatic carbocycles. The molecular formula is C14H20N2O2. The molecular weight excluding hydrogens is 228 g/mol. The molecule has 1 fully saturated rings. The van der Waals surface area contributed by atoms with Crippen LogP contribution in [0, 0.1) is 5.92 Å². The van der Waals surface area contributed by atoms with Crippen LogP contribution in [0.5, 0.6) is 0 Å². The average molecular weight is 248 g/mol. The number of nitrogens with zero attached hydrogens (tertiary/aromatic N) is 2. The van der Waals surface area contributed by atoms with Gasteiger partial charge in [0.05, 0.1) is 5.56 Å². The van der Waals surface area contributed by atoms with Crippen molar-refractivity contribution in [1.82, 2.24) is 4.98 Å². The van der Waals surface area contributed by atoms with Crippen molar-refractivity contribution in [2.24, 2.45) is 5.92 Å². The van der Waals surface area contributed by atoms with E-state index in [9.17, 15) is 4.79 Å². The Morgan fingerprint density at radius 1 is 1.33 bits per heavy atom.